The highest BCUT2D eigenvalue weighted by Gasteiger charge is 2.16. The van der Waals surface area contributed by atoms with Crippen LogP contribution in [0.1, 0.15) is 25.3 Å². The molecule has 0 saturated heterocycles. The average Bonchev–Trinajstić information content (AvgIpc) is 2.81. The van der Waals surface area contributed by atoms with Crippen molar-refractivity contribution in [2.24, 2.45) is 0 Å². The number of benzene rings is 2. The van der Waals surface area contributed by atoms with Gasteiger partial charge in [-0.2, -0.15) is 0 Å². The lowest BCUT2D eigenvalue weighted by Gasteiger charge is -2.11. The summed E-state index contributed by atoms with van der Waals surface area (Å²) in [4.78, 5) is 0. The van der Waals surface area contributed by atoms with Crippen molar-refractivity contribution in [3.63, 3.8) is 0 Å². The van der Waals surface area contributed by atoms with Crippen molar-refractivity contribution in [1.29, 1.82) is 0 Å². The molecule has 0 N–H and O–H groups in total. The molecule has 0 aliphatic rings. The van der Waals surface area contributed by atoms with Crippen molar-refractivity contribution in [2.75, 3.05) is 0 Å². The van der Waals surface area contributed by atoms with E-state index in [0.29, 0.717) is 11.3 Å². The van der Waals surface area contributed by atoms with E-state index in [1.54, 1.807) is 6.07 Å². The van der Waals surface area contributed by atoms with Crippen LogP contribution in [0.15, 0.2) is 52.9 Å². The van der Waals surface area contributed by atoms with Crippen molar-refractivity contribution in [3.8, 4) is 11.3 Å². The van der Waals surface area contributed by atoms with Crippen LogP contribution in [-0.2, 0) is 0 Å². The molecule has 2 aromatic carbocycles. The topological polar surface area (TPSA) is 13.1 Å². The van der Waals surface area contributed by atoms with Crippen molar-refractivity contribution in [2.45, 2.75) is 19.8 Å². The van der Waals surface area contributed by atoms with Crippen molar-refractivity contribution >= 4 is 11.0 Å². The van der Waals surface area contributed by atoms with Gasteiger partial charge >= 0.3 is 0 Å². The Morgan fingerprint density at radius 3 is 2.53 bits per heavy atom. The third-order valence-electron chi connectivity index (χ3n) is 3.34. The Labute approximate surface area is 111 Å². The molecule has 0 amide bonds. The maximum atomic E-state index is 14.2. The molecule has 0 aliphatic heterocycles. The molecular weight excluding hydrogens is 239 g/mol. The predicted molar refractivity (Wildman–Crippen MR) is 75.7 cm³/mol. The van der Waals surface area contributed by atoms with Crippen molar-refractivity contribution < 1.29 is 8.81 Å². The third-order valence-corrected chi connectivity index (χ3v) is 3.34. The van der Waals surface area contributed by atoms with Crippen LogP contribution >= 0.6 is 0 Å². The standard InChI is InChI=1S/C17H15FO/c1-11(2)13-7-5-8-14(18)17(13)16-10-12-6-3-4-9-15(12)19-16/h3-11H,1-2H3. The summed E-state index contributed by atoms with van der Waals surface area (Å²) in [6.45, 7) is 4.11. The number of halogens is 1. The van der Waals surface area contributed by atoms with Gasteiger partial charge in [-0.05, 0) is 29.7 Å². The highest BCUT2D eigenvalue weighted by Crippen LogP contribution is 2.35. The fourth-order valence-corrected chi connectivity index (χ4v) is 2.39. The number of para-hydroxylation sites is 1. The zero-order valence-electron chi connectivity index (χ0n) is 11.0. The average molecular weight is 254 g/mol. The normalized spacial score (nSPS) is 11.4. The predicted octanol–water partition coefficient (Wildman–Crippen LogP) is 5.36. The van der Waals surface area contributed by atoms with Gasteiger partial charge in [0.25, 0.3) is 0 Å². The minimum Gasteiger partial charge on any atom is -0.456 e. The first kappa shape index (κ1) is 12.0. The lowest BCUT2D eigenvalue weighted by atomic mass is 9.95. The van der Waals surface area contributed by atoms with E-state index in [1.807, 2.05) is 36.4 Å². The molecule has 3 aromatic rings. The lowest BCUT2D eigenvalue weighted by Crippen LogP contribution is -1.94. The Balaban J connectivity index is 2.26. The lowest BCUT2D eigenvalue weighted by molar-refractivity contribution is 0.597. The van der Waals surface area contributed by atoms with E-state index in [0.717, 1.165) is 16.5 Å². The van der Waals surface area contributed by atoms with E-state index in [-0.39, 0.29) is 11.7 Å². The zero-order valence-corrected chi connectivity index (χ0v) is 11.0. The van der Waals surface area contributed by atoms with Gasteiger partial charge in [0, 0.05) is 5.39 Å². The van der Waals surface area contributed by atoms with Gasteiger partial charge in [-0.15, -0.1) is 0 Å². The Morgan fingerprint density at radius 1 is 1.00 bits per heavy atom. The maximum absolute atomic E-state index is 14.2. The molecular formula is C17H15FO. The first-order chi connectivity index (χ1) is 9.16. The molecule has 0 aliphatic carbocycles. The number of hydrogen-bond acceptors (Lipinski definition) is 1. The molecule has 0 unspecified atom stereocenters. The molecule has 0 spiro atoms. The summed E-state index contributed by atoms with van der Waals surface area (Å²) in [6, 6.07) is 14.8. The number of fused-ring (bicyclic) bond motifs is 1. The molecule has 0 atom stereocenters. The smallest absolute Gasteiger partial charge is 0.138 e. The third kappa shape index (κ3) is 2.03. The van der Waals surface area contributed by atoms with Crippen LogP contribution in [0.4, 0.5) is 4.39 Å². The first-order valence-electron chi connectivity index (χ1n) is 6.44. The minimum atomic E-state index is -0.231. The van der Waals surface area contributed by atoms with E-state index in [2.05, 4.69) is 13.8 Å². The summed E-state index contributed by atoms with van der Waals surface area (Å²) in [6.07, 6.45) is 0. The van der Waals surface area contributed by atoms with Gasteiger partial charge in [0.15, 0.2) is 0 Å². The summed E-state index contributed by atoms with van der Waals surface area (Å²) in [7, 11) is 0. The second kappa shape index (κ2) is 4.54. The quantitative estimate of drug-likeness (QED) is 0.599. The molecule has 0 fully saturated rings. The second-order valence-electron chi connectivity index (χ2n) is 5.01. The zero-order chi connectivity index (χ0) is 13.4. The number of hydrogen-bond donors (Lipinski definition) is 0. The molecule has 2 heteroatoms. The summed E-state index contributed by atoms with van der Waals surface area (Å²) in [5.74, 6) is 0.618. The van der Waals surface area contributed by atoms with Gasteiger partial charge in [-0.1, -0.05) is 44.2 Å². The molecule has 1 nitrogen and oxygen atoms in total. The van der Waals surface area contributed by atoms with Gasteiger partial charge in [0.1, 0.15) is 17.2 Å². The highest BCUT2D eigenvalue weighted by atomic mass is 19.1. The number of furan rings is 1. The maximum Gasteiger partial charge on any atom is 0.138 e. The monoisotopic (exact) mass is 254 g/mol. The molecule has 1 heterocycles. The fraction of sp³-hybridized carbons (Fsp3) is 0.176. The molecule has 0 saturated carbocycles. The Kier molecular flexibility index (Phi) is 2.86. The van der Waals surface area contributed by atoms with Crippen LogP contribution in [0.3, 0.4) is 0 Å². The van der Waals surface area contributed by atoms with E-state index in [4.69, 9.17) is 4.42 Å². The first-order valence-corrected chi connectivity index (χ1v) is 6.44. The molecule has 96 valence electrons. The summed E-state index contributed by atoms with van der Waals surface area (Å²) in [5.41, 5.74) is 2.34. The van der Waals surface area contributed by atoms with Gasteiger partial charge < -0.3 is 4.42 Å². The second-order valence-corrected chi connectivity index (χ2v) is 5.01. The number of rotatable bonds is 2. The van der Waals surface area contributed by atoms with Gasteiger partial charge in [-0.3, -0.25) is 0 Å². The van der Waals surface area contributed by atoms with Crippen LogP contribution in [0.2, 0.25) is 0 Å². The summed E-state index contributed by atoms with van der Waals surface area (Å²) < 4.78 is 20.0. The molecule has 0 bridgehead atoms. The van der Waals surface area contributed by atoms with E-state index < -0.39 is 0 Å². The van der Waals surface area contributed by atoms with E-state index in [1.165, 1.54) is 6.07 Å². The van der Waals surface area contributed by atoms with Crippen LogP contribution < -0.4 is 0 Å². The SMILES string of the molecule is CC(C)c1cccc(F)c1-c1cc2ccccc2o1. The minimum absolute atomic E-state index is 0.231. The van der Waals surface area contributed by atoms with Crippen molar-refractivity contribution in [1.82, 2.24) is 0 Å². The molecule has 3 rings (SSSR count). The van der Waals surface area contributed by atoms with Gasteiger partial charge in [0.2, 0.25) is 0 Å². The van der Waals surface area contributed by atoms with Crippen LogP contribution in [-0.4, -0.2) is 0 Å². The Hall–Kier alpha value is -2.09. The van der Waals surface area contributed by atoms with E-state index in [9.17, 15) is 4.39 Å². The van der Waals surface area contributed by atoms with Crippen molar-refractivity contribution in [3.05, 3.63) is 59.9 Å². The highest BCUT2D eigenvalue weighted by molar-refractivity contribution is 5.83. The van der Waals surface area contributed by atoms with Crippen LogP contribution in [0.5, 0.6) is 0 Å². The summed E-state index contributed by atoms with van der Waals surface area (Å²) in [5, 5.41) is 0.996. The molecule has 0 radical (unpaired) electrons. The van der Waals surface area contributed by atoms with Gasteiger partial charge in [0.05, 0.1) is 5.56 Å². The van der Waals surface area contributed by atoms with Crippen LogP contribution in [0.25, 0.3) is 22.3 Å². The fourth-order valence-electron chi connectivity index (χ4n) is 2.39. The van der Waals surface area contributed by atoms with E-state index >= 15 is 0 Å². The van der Waals surface area contributed by atoms with Gasteiger partial charge in [-0.25, -0.2) is 4.39 Å². The summed E-state index contributed by atoms with van der Waals surface area (Å²) >= 11 is 0. The Bertz CT molecular complexity index is 692. The largest absolute Gasteiger partial charge is 0.456 e. The van der Waals surface area contributed by atoms with Crippen LogP contribution in [0, 0.1) is 5.82 Å². The molecule has 1 aromatic heterocycles. The molecule has 19 heavy (non-hydrogen) atoms. The Morgan fingerprint density at radius 2 is 1.79 bits per heavy atom.